The van der Waals surface area contributed by atoms with Gasteiger partial charge in [-0.25, -0.2) is 14.8 Å². The molecule has 0 bridgehead atoms. The number of alkyl carbamates (subject to hydrolysis) is 1. The second kappa shape index (κ2) is 13.5. The first-order chi connectivity index (χ1) is 19.3. The molecule has 220 valence electrons. The summed E-state index contributed by atoms with van der Waals surface area (Å²) in [5, 5.41) is 2.55. The molecule has 1 aliphatic rings. The lowest BCUT2D eigenvalue weighted by atomic mass is 9.89. The molecule has 0 saturated heterocycles. The van der Waals surface area contributed by atoms with Crippen molar-refractivity contribution >= 4 is 29.2 Å². The summed E-state index contributed by atoms with van der Waals surface area (Å²) in [5.41, 5.74) is 3.40. The summed E-state index contributed by atoms with van der Waals surface area (Å²) in [5.74, 6) is 0.189. The zero-order chi connectivity index (χ0) is 30.3. The molecular formula is C30H40N6O5. The van der Waals surface area contributed by atoms with Crippen LogP contribution in [-0.4, -0.2) is 70.2 Å². The summed E-state index contributed by atoms with van der Waals surface area (Å²) in [6.07, 6.45) is 5.74. The van der Waals surface area contributed by atoms with Crippen LogP contribution in [0.3, 0.4) is 0 Å². The number of nitrogens with one attached hydrogen (secondary N) is 1. The Morgan fingerprint density at radius 1 is 1.22 bits per heavy atom. The number of ketones is 1. The summed E-state index contributed by atoms with van der Waals surface area (Å²) in [4.78, 5) is 65.6. The number of Topliss-reactive ketones (excluding diaryl/α,β-unsaturated/α-hetero) is 1. The molecule has 3 rings (SSSR count). The van der Waals surface area contributed by atoms with Crippen molar-refractivity contribution in [3.05, 3.63) is 63.6 Å². The van der Waals surface area contributed by atoms with Crippen molar-refractivity contribution in [3.63, 3.8) is 0 Å². The highest BCUT2D eigenvalue weighted by atomic mass is 16.5. The maximum absolute atomic E-state index is 13.3. The minimum atomic E-state index is -0.883. The van der Waals surface area contributed by atoms with E-state index in [9.17, 15) is 19.2 Å². The monoisotopic (exact) mass is 564 g/mol. The first-order valence-electron chi connectivity index (χ1n) is 13.6. The van der Waals surface area contributed by atoms with E-state index in [1.807, 2.05) is 6.92 Å². The Balaban J connectivity index is 1.75. The number of aromatic nitrogens is 3. The van der Waals surface area contributed by atoms with Crippen molar-refractivity contribution in [2.24, 2.45) is 10.4 Å². The van der Waals surface area contributed by atoms with Gasteiger partial charge >= 0.3 is 6.09 Å². The SMILES string of the molecule is COC(=O)N[C@@H](CC/C=C/C(=O)N(C)C)C(=O)Cc1cccn(CC2=Nc3c(nc(C)nc3CC(C)(C)C)C2)c1=O. The van der Waals surface area contributed by atoms with Gasteiger partial charge in [0.05, 0.1) is 31.1 Å². The van der Waals surface area contributed by atoms with E-state index in [-0.39, 0.29) is 42.1 Å². The average Bonchev–Trinajstić information content (AvgIpc) is 3.29. The second-order valence-electron chi connectivity index (χ2n) is 11.6. The van der Waals surface area contributed by atoms with Crippen molar-refractivity contribution < 1.29 is 19.1 Å². The molecule has 1 aliphatic heterocycles. The summed E-state index contributed by atoms with van der Waals surface area (Å²) >= 11 is 0. The number of methoxy groups -OCH3 is 1. The summed E-state index contributed by atoms with van der Waals surface area (Å²) in [6, 6.07) is 2.45. The van der Waals surface area contributed by atoms with Crippen LogP contribution in [0.4, 0.5) is 10.5 Å². The Morgan fingerprint density at radius 2 is 1.95 bits per heavy atom. The molecule has 1 atom stereocenters. The topological polar surface area (TPSA) is 136 Å². The van der Waals surface area contributed by atoms with E-state index in [1.54, 1.807) is 38.5 Å². The van der Waals surface area contributed by atoms with Crippen LogP contribution in [-0.2, 0) is 40.1 Å². The largest absolute Gasteiger partial charge is 0.453 e. The number of hydrogen-bond acceptors (Lipinski definition) is 8. The van der Waals surface area contributed by atoms with Gasteiger partial charge in [0.1, 0.15) is 11.5 Å². The number of fused-ring (bicyclic) bond motifs is 1. The summed E-state index contributed by atoms with van der Waals surface area (Å²) < 4.78 is 6.21. The third-order valence-corrected chi connectivity index (χ3v) is 6.49. The Bertz CT molecular complexity index is 1420. The minimum absolute atomic E-state index is 0.0329. The van der Waals surface area contributed by atoms with E-state index >= 15 is 0 Å². The van der Waals surface area contributed by atoms with Gasteiger partial charge in [-0.05, 0) is 43.7 Å². The van der Waals surface area contributed by atoms with Crippen LogP contribution in [0.2, 0.25) is 0 Å². The molecule has 1 N–H and O–H groups in total. The molecule has 2 aromatic rings. The zero-order valence-electron chi connectivity index (χ0n) is 25.0. The zero-order valence-corrected chi connectivity index (χ0v) is 25.0. The fourth-order valence-corrected chi connectivity index (χ4v) is 4.51. The summed E-state index contributed by atoms with van der Waals surface area (Å²) in [6.45, 7) is 8.59. The van der Waals surface area contributed by atoms with Crippen LogP contribution in [0.25, 0.3) is 0 Å². The molecule has 41 heavy (non-hydrogen) atoms. The molecule has 2 aromatic heterocycles. The van der Waals surface area contributed by atoms with E-state index < -0.39 is 12.1 Å². The van der Waals surface area contributed by atoms with Crippen molar-refractivity contribution in [1.82, 2.24) is 24.8 Å². The molecular weight excluding hydrogens is 524 g/mol. The van der Waals surface area contributed by atoms with Gasteiger partial charge in [-0.2, -0.15) is 0 Å². The number of likely N-dealkylation sites (N-methyl/N-ethyl adjacent to an activating group) is 1. The molecule has 0 spiro atoms. The smallest absolute Gasteiger partial charge is 0.407 e. The third-order valence-electron chi connectivity index (χ3n) is 6.49. The number of ether oxygens (including phenoxy) is 1. The number of allylic oxidation sites excluding steroid dienone is 1. The van der Waals surface area contributed by atoms with Gasteiger partial charge in [0.2, 0.25) is 5.91 Å². The lowest BCUT2D eigenvalue weighted by Gasteiger charge is -2.18. The Morgan fingerprint density at radius 3 is 2.61 bits per heavy atom. The normalized spacial score (nSPS) is 13.5. The van der Waals surface area contributed by atoms with E-state index in [0.29, 0.717) is 24.2 Å². The first kappa shape index (κ1) is 31.4. The van der Waals surface area contributed by atoms with Crippen LogP contribution in [0.1, 0.15) is 56.4 Å². The summed E-state index contributed by atoms with van der Waals surface area (Å²) in [7, 11) is 4.50. The number of aryl methyl sites for hydroxylation is 1. The highest BCUT2D eigenvalue weighted by molar-refractivity contribution is 5.93. The van der Waals surface area contributed by atoms with E-state index in [2.05, 4.69) is 40.8 Å². The van der Waals surface area contributed by atoms with E-state index in [1.165, 1.54) is 22.7 Å². The molecule has 0 fully saturated rings. The molecule has 2 amide bonds. The average molecular weight is 565 g/mol. The van der Waals surface area contributed by atoms with Crippen LogP contribution in [0, 0.1) is 12.3 Å². The molecule has 0 aromatic carbocycles. The third kappa shape index (κ3) is 8.92. The molecule has 11 heteroatoms. The van der Waals surface area contributed by atoms with Gasteiger partial charge in [-0.3, -0.25) is 19.4 Å². The van der Waals surface area contributed by atoms with Crippen LogP contribution < -0.4 is 10.9 Å². The lowest BCUT2D eigenvalue weighted by Crippen LogP contribution is -2.42. The molecule has 11 nitrogen and oxygen atoms in total. The molecule has 3 heterocycles. The Hall–Kier alpha value is -4.15. The van der Waals surface area contributed by atoms with Crippen molar-refractivity contribution in [1.29, 1.82) is 0 Å². The Labute approximate surface area is 240 Å². The molecule has 0 radical (unpaired) electrons. The van der Waals surface area contributed by atoms with Gasteiger partial charge in [0, 0.05) is 44.4 Å². The standard InChI is InChI=1S/C30H40N6O5/c1-19-31-23-16-21(33-27(23)24(32-19)17-30(2,3)4)18-36-14-10-11-20(28(36)39)15-25(37)22(34-29(40)41-7)12-8-9-13-26(38)35(5)6/h9-11,13-14,22H,8,12,15-18H2,1-7H3,(H,34,40)/b13-9+/t22-/m0/s1. The molecule has 0 aliphatic carbocycles. The second-order valence-corrected chi connectivity index (χ2v) is 11.6. The minimum Gasteiger partial charge on any atom is -0.453 e. The van der Waals surface area contributed by atoms with Crippen molar-refractivity contribution in [3.8, 4) is 0 Å². The molecule has 0 unspecified atom stereocenters. The predicted octanol–water partition coefficient (Wildman–Crippen LogP) is 3.12. The number of hydrogen-bond donors (Lipinski definition) is 1. The van der Waals surface area contributed by atoms with Crippen LogP contribution in [0.5, 0.6) is 0 Å². The molecule has 0 saturated carbocycles. The van der Waals surface area contributed by atoms with Crippen LogP contribution >= 0.6 is 0 Å². The Kier molecular flexibility index (Phi) is 10.3. The number of carbonyl (C=O) groups is 3. The van der Waals surface area contributed by atoms with E-state index in [4.69, 9.17) is 4.99 Å². The predicted molar refractivity (Wildman–Crippen MR) is 157 cm³/mol. The van der Waals surface area contributed by atoms with Gasteiger partial charge < -0.3 is 19.5 Å². The number of pyridine rings is 1. The van der Waals surface area contributed by atoms with Crippen molar-refractivity contribution in [2.75, 3.05) is 21.2 Å². The number of aliphatic imine (C=N–C) groups is 1. The maximum atomic E-state index is 13.3. The van der Waals surface area contributed by atoms with E-state index in [0.717, 1.165) is 29.2 Å². The van der Waals surface area contributed by atoms with Gasteiger partial charge in [0.25, 0.3) is 5.56 Å². The highest BCUT2D eigenvalue weighted by Crippen LogP contribution is 2.32. The number of rotatable bonds is 11. The van der Waals surface area contributed by atoms with Crippen LogP contribution in [0.15, 0.2) is 40.3 Å². The van der Waals surface area contributed by atoms with Gasteiger partial charge in [0.15, 0.2) is 5.78 Å². The number of carbonyl (C=O) groups excluding carboxylic acids is 3. The number of amides is 2. The van der Waals surface area contributed by atoms with Gasteiger partial charge in [-0.1, -0.05) is 32.9 Å². The highest BCUT2D eigenvalue weighted by Gasteiger charge is 2.25. The lowest BCUT2D eigenvalue weighted by molar-refractivity contribution is -0.123. The number of nitrogens with zero attached hydrogens (tertiary/aromatic N) is 5. The van der Waals surface area contributed by atoms with Crippen molar-refractivity contribution in [2.45, 2.75) is 72.4 Å². The first-order valence-corrected chi connectivity index (χ1v) is 13.6. The maximum Gasteiger partial charge on any atom is 0.407 e. The fraction of sp³-hybridized carbons (Fsp3) is 0.500. The van der Waals surface area contributed by atoms with Gasteiger partial charge in [-0.15, -0.1) is 0 Å². The quantitative estimate of drug-likeness (QED) is 0.414. The fourth-order valence-electron chi connectivity index (χ4n) is 4.51.